The van der Waals surface area contributed by atoms with Crippen molar-refractivity contribution >= 4 is 27.3 Å². The van der Waals surface area contributed by atoms with E-state index in [0.29, 0.717) is 30.4 Å². The zero-order chi connectivity index (χ0) is 15.3. The van der Waals surface area contributed by atoms with Gasteiger partial charge in [-0.2, -0.15) is 4.31 Å². The van der Waals surface area contributed by atoms with Crippen LogP contribution in [0.3, 0.4) is 0 Å². The van der Waals surface area contributed by atoms with Crippen LogP contribution in [0.2, 0.25) is 0 Å². The van der Waals surface area contributed by atoms with Crippen molar-refractivity contribution in [2.75, 3.05) is 26.2 Å². The van der Waals surface area contributed by atoms with E-state index in [0.717, 1.165) is 24.1 Å². The van der Waals surface area contributed by atoms with Gasteiger partial charge >= 0.3 is 0 Å². The van der Waals surface area contributed by atoms with E-state index in [1.54, 1.807) is 16.4 Å². The highest BCUT2D eigenvalue weighted by atomic mass is 32.2. The summed E-state index contributed by atoms with van der Waals surface area (Å²) in [5.74, 6) is -0.135. The molecular formula is C13H21N3O3S2. The predicted octanol–water partition coefficient (Wildman–Crippen LogP) is 0.540. The molecule has 8 heteroatoms. The van der Waals surface area contributed by atoms with Crippen LogP contribution in [0.5, 0.6) is 0 Å². The minimum absolute atomic E-state index is 0.135. The van der Waals surface area contributed by atoms with E-state index in [1.807, 2.05) is 0 Å². The molecule has 3 N–H and O–H groups in total. The largest absolute Gasteiger partial charge is 0.355 e. The average molecular weight is 331 g/mol. The van der Waals surface area contributed by atoms with Crippen LogP contribution >= 0.6 is 11.3 Å². The molecule has 1 aromatic heterocycles. The molecule has 6 nitrogen and oxygen atoms in total. The Morgan fingerprint density at radius 3 is 2.67 bits per heavy atom. The molecule has 0 spiro atoms. The minimum Gasteiger partial charge on any atom is -0.355 e. The van der Waals surface area contributed by atoms with Crippen molar-refractivity contribution in [2.24, 2.45) is 5.73 Å². The molecule has 0 aromatic carbocycles. The quantitative estimate of drug-likeness (QED) is 0.796. The van der Waals surface area contributed by atoms with E-state index in [4.69, 9.17) is 5.73 Å². The van der Waals surface area contributed by atoms with Crippen LogP contribution in [-0.2, 0) is 21.2 Å². The molecule has 118 valence electrons. The van der Waals surface area contributed by atoms with Gasteiger partial charge in [0.1, 0.15) is 4.21 Å². The van der Waals surface area contributed by atoms with Gasteiger partial charge in [-0.25, -0.2) is 8.42 Å². The first-order chi connectivity index (χ1) is 10.0. The van der Waals surface area contributed by atoms with Gasteiger partial charge in [0.05, 0.1) is 6.42 Å². The van der Waals surface area contributed by atoms with E-state index in [1.165, 1.54) is 11.3 Å². The van der Waals surface area contributed by atoms with Crippen molar-refractivity contribution in [3.63, 3.8) is 0 Å². The Kier molecular flexibility index (Phi) is 5.74. The van der Waals surface area contributed by atoms with Gasteiger partial charge in [0.15, 0.2) is 0 Å². The van der Waals surface area contributed by atoms with E-state index < -0.39 is 10.0 Å². The summed E-state index contributed by atoms with van der Waals surface area (Å²) in [6.07, 6.45) is 3.11. The Morgan fingerprint density at radius 2 is 2.00 bits per heavy atom. The third-order valence-electron chi connectivity index (χ3n) is 3.35. The molecule has 0 saturated carbocycles. The number of sulfonamides is 1. The number of rotatable bonds is 6. The molecule has 1 saturated heterocycles. The molecular weight excluding hydrogens is 310 g/mol. The number of hydrogen-bond donors (Lipinski definition) is 2. The molecule has 0 unspecified atom stereocenters. The van der Waals surface area contributed by atoms with Crippen molar-refractivity contribution in [3.05, 3.63) is 17.0 Å². The van der Waals surface area contributed by atoms with E-state index >= 15 is 0 Å². The second-order valence-electron chi connectivity index (χ2n) is 5.00. The van der Waals surface area contributed by atoms with Crippen molar-refractivity contribution in [1.29, 1.82) is 0 Å². The van der Waals surface area contributed by atoms with Gasteiger partial charge in [0, 0.05) is 31.1 Å². The van der Waals surface area contributed by atoms with Gasteiger partial charge in [0.25, 0.3) is 10.0 Å². The second-order valence-corrected chi connectivity index (χ2v) is 8.33. The van der Waals surface area contributed by atoms with Gasteiger partial charge in [0.2, 0.25) is 5.91 Å². The Hall–Kier alpha value is -0.960. The maximum absolute atomic E-state index is 12.5. The van der Waals surface area contributed by atoms with Crippen LogP contribution in [0.25, 0.3) is 0 Å². The topological polar surface area (TPSA) is 92.5 Å². The van der Waals surface area contributed by atoms with Crippen molar-refractivity contribution in [3.8, 4) is 0 Å². The number of nitrogens with one attached hydrogen (secondary N) is 1. The molecule has 1 fully saturated rings. The van der Waals surface area contributed by atoms with Crippen molar-refractivity contribution in [2.45, 2.75) is 29.9 Å². The average Bonchev–Trinajstić information content (AvgIpc) is 2.95. The number of carbonyl (C=O) groups is 1. The number of carbonyl (C=O) groups excluding carboxylic acids is 1. The summed E-state index contributed by atoms with van der Waals surface area (Å²) in [4.78, 5) is 12.4. The number of piperidine rings is 1. The van der Waals surface area contributed by atoms with Gasteiger partial charge in [-0.1, -0.05) is 6.42 Å². The molecule has 0 radical (unpaired) electrons. The molecule has 2 heterocycles. The maximum atomic E-state index is 12.5. The highest BCUT2D eigenvalue weighted by Gasteiger charge is 2.27. The first-order valence-electron chi connectivity index (χ1n) is 7.09. The molecule has 0 aliphatic carbocycles. The Morgan fingerprint density at radius 1 is 1.29 bits per heavy atom. The number of thiophene rings is 1. The number of hydrogen-bond acceptors (Lipinski definition) is 5. The number of nitrogens with zero attached hydrogens (tertiary/aromatic N) is 1. The Bertz CT molecular complexity index is 577. The summed E-state index contributed by atoms with van der Waals surface area (Å²) in [5, 5.41) is 2.68. The van der Waals surface area contributed by atoms with Crippen LogP contribution in [0.15, 0.2) is 16.3 Å². The van der Waals surface area contributed by atoms with Crippen LogP contribution in [0.1, 0.15) is 24.1 Å². The predicted molar refractivity (Wildman–Crippen MR) is 82.7 cm³/mol. The third kappa shape index (κ3) is 4.26. The molecule has 1 aromatic rings. The fourth-order valence-electron chi connectivity index (χ4n) is 2.26. The normalized spacial score (nSPS) is 16.8. The standard InChI is InChI=1S/C13H21N3O3S2/c14-6-7-15-12(17)10-11-4-5-13(20-11)21(18,19)16-8-2-1-3-9-16/h4-5H,1-3,6-10,14H2,(H,15,17). The highest BCUT2D eigenvalue weighted by Crippen LogP contribution is 2.27. The van der Waals surface area contributed by atoms with Gasteiger partial charge < -0.3 is 11.1 Å². The van der Waals surface area contributed by atoms with Crippen LogP contribution in [0, 0.1) is 0 Å². The number of amides is 1. The Balaban J connectivity index is 2.03. The van der Waals surface area contributed by atoms with Crippen LogP contribution in [-0.4, -0.2) is 44.8 Å². The Labute approximate surface area is 129 Å². The van der Waals surface area contributed by atoms with Gasteiger partial charge in [-0.15, -0.1) is 11.3 Å². The minimum atomic E-state index is -3.39. The fraction of sp³-hybridized carbons (Fsp3) is 0.615. The third-order valence-corrected chi connectivity index (χ3v) is 6.80. The zero-order valence-corrected chi connectivity index (χ0v) is 13.5. The molecule has 1 aliphatic rings. The van der Waals surface area contributed by atoms with Crippen LogP contribution in [0.4, 0.5) is 0 Å². The van der Waals surface area contributed by atoms with E-state index in [2.05, 4.69) is 5.32 Å². The van der Waals surface area contributed by atoms with E-state index in [9.17, 15) is 13.2 Å². The summed E-state index contributed by atoms with van der Waals surface area (Å²) in [7, 11) is -3.39. The monoisotopic (exact) mass is 331 g/mol. The lowest BCUT2D eigenvalue weighted by Gasteiger charge is -2.25. The summed E-state index contributed by atoms with van der Waals surface area (Å²) < 4.78 is 26.8. The molecule has 21 heavy (non-hydrogen) atoms. The molecule has 0 bridgehead atoms. The maximum Gasteiger partial charge on any atom is 0.252 e. The fourth-order valence-corrected chi connectivity index (χ4v) is 5.28. The summed E-state index contributed by atoms with van der Waals surface area (Å²) in [5.41, 5.74) is 5.32. The summed E-state index contributed by atoms with van der Waals surface area (Å²) in [6, 6.07) is 3.31. The lowest BCUT2D eigenvalue weighted by Crippen LogP contribution is -2.35. The van der Waals surface area contributed by atoms with E-state index in [-0.39, 0.29) is 12.3 Å². The first kappa shape index (κ1) is 16.4. The summed E-state index contributed by atoms with van der Waals surface area (Å²) >= 11 is 1.17. The molecule has 1 aliphatic heterocycles. The molecule has 0 atom stereocenters. The SMILES string of the molecule is NCCNC(=O)Cc1ccc(S(=O)(=O)N2CCCCC2)s1. The zero-order valence-electron chi connectivity index (χ0n) is 11.9. The molecule has 1 amide bonds. The van der Waals surface area contributed by atoms with Gasteiger partial charge in [-0.05, 0) is 25.0 Å². The van der Waals surface area contributed by atoms with Crippen molar-refractivity contribution < 1.29 is 13.2 Å². The lowest BCUT2D eigenvalue weighted by molar-refractivity contribution is -0.120. The molecule has 2 rings (SSSR count). The van der Waals surface area contributed by atoms with Gasteiger partial charge in [-0.3, -0.25) is 4.79 Å². The first-order valence-corrected chi connectivity index (χ1v) is 9.35. The summed E-state index contributed by atoms with van der Waals surface area (Å²) in [6.45, 7) is 2.01. The second kappa shape index (κ2) is 7.35. The van der Waals surface area contributed by atoms with Crippen molar-refractivity contribution in [1.82, 2.24) is 9.62 Å². The van der Waals surface area contributed by atoms with Crippen LogP contribution < -0.4 is 11.1 Å². The number of nitrogens with two attached hydrogens (primary N) is 1. The highest BCUT2D eigenvalue weighted by molar-refractivity contribution is 7.91. The lowest BCUT2D eigenvalue weighted by atomic mass is 10.2. The smallest absolute Gasteiger partial charge is 0.252 e.